The SMILES string of the molecule is C=C(C/C=C/C1=CCc2ccccc21)CCC1=CC=C(c2cc(CC)c(CC)c(CC)c2)C1c1ccccc1. The van der Waals surface area contributed by atoms with Crippen molar-refractivity contribution >= 4 is 11.1 Å². The molecule has 5 rings (SSSR count). The predicted molar refractivity (Wildman–Crippen MR) is 170 cm³/mol. The van der Waals surface area contributed by atoms with Crippen molar-refractivity contribution in [3.05, 3.63) is 154 Å². The number of aryl methyl sites for hydroxylation is 2. The fourth-order valence-electron chi connectivity index (χ4n) is 6.41. The number of benzene rings is 3. The van der Waals surface area contributed by atoms with E-state index in [1.807, 2.05) is 0 Å². The number of hydrogen-bond donors (Lipinski definition) is 0. The topological polar surface area (TPSA) is 0 Å². The van der Waals surface area contributed by atoms with Crippen LogP contribution in [-0.2, 0) is 25.7 Å². The van der Waals surface area contributed by atoms with Gasteiger partial charge in [0.05, 0.1) is 0 Å². The molecule has 0 heteroatoms. The van der Waals surface area contributed by atoms with E-state index in [4.69, 9.17) is 0 Å². The van der Waals surface area contributed by atoms with Crippen molar-refractivity contribution in [1.82, 2.24) is 0 Å². The molecule has 0 aliphatic heterocycles. The Labute approximate surface area is 236 Å². The fraction of sp³-hybridized carbons (Fsp3) is 0.282. The molecule has 2 aliphatic carbocycles. The zero-order valence-electron chi connectivity index (χ0n) is 24.0. The van der Waals surface area contributed by atoms with Crippen LogP contribution in [-0.4, -0.2) is 0 Å². The maximum absolute atomic E-state index is 4.45. The molecular weight excluding hydrogens is 468 g/mol. The summed E-state index contributed by atoms with van der Waals surface area (Å²) in [6.07, 6.45) is 19.0. The summed E-state index contributed by atoms with van der Waals surface area (Å²) in [6, 6.07) is 24.7. The predicted octanol–water partition coefficient (Wildman–Crippen LogP) is 10.4. The summed E-state index contributed by atoms with van der Waals surface area (Å²) < 4.78 is 0. The van der Waals surface area contributed by atoms with Crippen molar-refractivity contribution in [2.45, 2.75) is 71.6 Å². The lowest BCUT2D eigenvalue weighted by molar-refractivity contribution is 0.844. The minimum Gasteiger partial charge on any atom is -0.0995 e. The minimum atomic E-state index is 0.316. The van der Waals surface area contributed by atoms with Crippen LogP contribution in [0.1, 0.15) is 84.9 Å². The fourth-order valence-corrected chi connectivity index (χ4v) is 6.41. The lowest BCUT2D eigenvalue weighted by Gasteiger charge is -2.23. The van der Waals surface area contributed by atoms with Crippen LogP contribution < -0.4 is 0 Å². The highest BCUT2D eigenvalue weighted by Crippen LogP contribution is 2.45. The average molecular weight is 511 g/mol. The van der Waals surface area contributed by atoms with Crippen molar-refractivity contribution in [2.75, 3.05) is 0 Å². The molecule has 0 amide bonds. The van der Waals surface area contributed by atoms with Gasteiger partial charge in [-0.3, -0.25) is 0 Å². The van der Waals surface area contributed by atoms with Gasteiger partial charge in [0.25, 0.3) is 0 Å². The van der Waals surface area contributed by atoms with Crippen LogP contribution in [0.15, 0.2) is 115 Å². The number of fused-ring (bicyclic) bond motifs is 1. The van der Waals surface area contributed by atoms with Gasteiger partial charge in [0, 0.05) is 5.92 Å². The molecule has 1 atom stereocenters. The molecule has 39 heavy (non-hydrogen) atoms. The van der Waals surface area contributed by atoms with Gasteiger partial charge in [-0.1, -0.05) is 136 Å². The molecule has 0 aromatic heterocycles. The molecule has 0 spiro atoms. The van der Waals surface area contributed by atoms with Crippen LogP contribution in [0.2, 0.25) is 0 Å². The molecule has 0 fully saturated rings. The summed E-state index contributed by atoms with van der Waals surface area (Å²) in [4.78, 5) is 0. The monoisotopic (exact) mass is 510 g/mol. The Kier molecular flexibility index (Phi) is 8.62. The Morgan fingerprint density at radius 2 is 1.59 bits per heavy atom. The standard InChI is InChI=1S/C39H42/c1-5-29-26-35(27-30(6-2)36(29)7-3)38-25-24-34(39(38)33-16-9-8-10-17-33)21-20-28(4)14-13-18-32-23-22-31-15-11-12-19-37(31)32/h8-13,15-19,23-27,39H,4-7,14,20-22H2,1-3H3/b18-13+. The molecule has 198 valence electrons. The van der Waals surface area contributed by atoms with Crippen LogP contribution in [0.3, 0.4) is 0 Å². The summed E-state index contributed by atoms with van der Waals surface area (Å²) in [5.41, 5.74) is 15.8. The zero-order valence-corrected chi connectivity index (χ0v) is 24.0. The molecule has 0 bridgehead atoms. The summed E-state index contributed by atoms with van der Waals surface area (Å²) >= 11 is 0. The third kappa shape index (κ3) is 5.86. The van der Waals surface area contributed by atoms with Crippen molar-refractivity contribution in [1.29, 1.82) is 0 Å². The highest BCUT2D eigenvalue weighted by molar-refractivity contribution is 5.81. The van der Waals surface area contributed by atoms with Crippen molar-refractivity contribution < 1.29 is 0 Å². The van der Waals surface area contributed by atoms with E-state index in [0.717, 1.165) is 44.9 Å². The van der Waals surface area contributed by atoms with Crippen LogP contribution in [0.25, 0.3) is 11.1 Å². The molecule has 3 aromatic carbocycles. The molecule has 3 aromatic rings. The van der Waals surface area contributed by atoms with E-state index in [1.165, 1.54) is 55.7 Å². The number of rotatable bonds is 11. The first-order valence-electron chi connectivity index (χ1n) is 14.8. The van der Waals surface area contributed by atoms with Gasteiger partial charge in [0.1, 0.15) is 0 Å². The van der Waals surface area contributed by atoms with E-state index in [1.54, 1.807) is 5.56 Å². The molecule has 0 saturated heterocycles. The van der Waals surface area contributed by atoms with Gasteiger partial charge in [-0.15, -0.1) is 0 Å². The lowest BCUT2D eigenvalue weighted by atomic mass is 9.81. The average Bonchev–Trinajstić information content (AvgIpc) is 3.60. The molecule has 2 aliphatic rings. The van der Waals surface area contributed by atoms with Crippen LogP contribution in [0.4, 0.5) is 0 Å². The van der Waals surface area contributed by atoms with Crippen LogP contribution >= 0.6 is 0 Å². The van der Waals surface area contributed by atoms with Crippen molar-refractivity contribution in [3.63, 3.8) is 0 Å². The maximum Gasteiger partial charge on any atom is 0.0308 e. The van der Waals surface area contributed by atoms with Crippen LogP contribution in [0, 0.1) is 0 Å². The van der Waals surface area contributed by atoms with Crippen molar-refractivity contribution in [2.24, 2.45) is 0 Å². The second-order valence-electron chi connectivity index (χ2n) is 10.9. The van der Waals surface area contributed by atoms with Gasteiger partial charge < -0.3 is 0 Å². The smallest absolute Gasteiger partial charge is 0.0308 e. The van der Waals surface area contributed by atoms with Crippen LogP contribution in [0.5, 0.6) is 0 Å². The first kappa shape index (κ1) is 26.9. The quantitative estimate of drug-likeness (QED) is 0.225. The molecule has 0 saturated carbocycles. The molecule has 0 heterocycles. The van der Waals surface area contributed by atoms with Gasteiger partial charge in [-0.05, 0) is 95.0 Å². The first-order chi connectivity index (χ1) is 19.1. The Balaban J connectivity index is 1.30. The zero-order chi connectivity index (χ0) is 27.2. The molecule has 1 unspecified atom stereocenters. The maximum atomic E-state index is 4.45. The van der Waals surface area contributed by atoms with Gasteiger partial charge in [0.2, 0.25) is 0 Å². The Morgan fingerprint density at radius 3 is 2.31 bits per heavy atom. The second-order valence-corrected chi connectivity index (χ2v) is 10.9. The molecule has 0 nitrogen and oxygen atoms in total. The van der Waals surface area contributed by atoms with Gasteiger partial charge in [0.15, 0.2) is 0 Å². The molecule has 0 radical (unpaired) electrons. The van der Waals surface area contributed by atoms with E-state index in [0.29, 0.717) is 5.92 Å². The van der Waals surface area contributed by atoms with E-state index in [9.17, 15) is 0 Å². The Hall–Kier alpha value is -3.64. The Morgan fingerprint density at radius 1 is 0.872 bits per heavy atom. The Bertz CT molecular complexity index is 1430. The normalized spacial score (nSPS) is 16.3. The van der Waals surface area contributed by atoms with E-state index < -0.39 is 0 Å². The lowest BCUT2D eigenvalue weighted by Crippen LogP contribution is -2.06. The van der Waals surface area contributed by atoms with Gasteiger partial charge in [-0.25, -0.2) is 0 Å². The third-order valence-corrected chi connectivity index (χ3v) is 8.52. The number of hydrogen-bond acceptors (Lipinski definition) is 0. The van der Waals surface area contributed by atoms with E-state index in [2.05, 4.69) is 124 Å². The summed E-state index contributed by atoms with van der Waals surface area (Å²) in [5.74, 6) is 0.316. The van der Waals surface area contributed by atoms with Gasteiger partial charge >= 0.3 is 0 Å². The second kappa shape index (κ2) is 12.5. The van der Waals surface area contributed by atoms with Gasteiger partial charge in [-0.2, -0.15) is 0 Å². The minimum absolute atomic E-state index is 0.316. The van der Waals surface area contributed by atoms with E-state index in [-0.39, 0.29) is 0 Å². The summed E-state index contributed by atoms with van der Waals surface area (Å²) in [6.45, 7) is 11.3. The third-order valence-electron chi connectivity index (χ3n) is 8.52. The first-order valence-corrected chi connectivity index (χ1v) is 14.8. The molecular formula is C39H42. The summed E-state index contributed by atoms with van der Waals surface area (Å²) in [5, 5.41) is 0. The largest absolute Gasteiger partial charge is 0.0995 e. The highest BCUT2D eigenvalue weighted by atomic mass is 14.3. The number of allylic oxidation sites excluding steroid dienone is 9. The highest BCUT2D eigenvalue weighted by Gasteiger charge is 2.26. The van der Waals surface area contributed by atoms with Crippen molar-refractivity contribution in [3.8, 4) is 0 Å². The van der Waals surface area contributed by atoms with E-state index >= 15 is 0 Å². The molecule has 0 N–H and O–H groups in total. The summed E-state index contributed by atoms with van der Waals surface area (Å²) in [7, 11) is 0.